The van der Waals surface area contributed by atoms with Crippen LogP contribution in [0, 0.1) is 10.1 Å². The normalized spacial score (nSPS) is 14.7. The molecule has 1 N–H and O–H groups in total. The maximum atomic E-state index is 12.7. The van der Waals surface area contributed by atoms with E-state index >= 15 is 0 Å². The van der Waals surface area contributed by atoms with Gasteiger partial charge in [0.05, 0.1) is 11.0 Å². The number of amides is 1. The molecule has 7 heteroatoms. The molecule has 1 fully saturated rings. The van der Waals surface area contributed by atoms with Crippen LogP contribution in [0.4, 0.5) is 10.5 Å². The van der Waals surface area contributed by atoms with Crippen LogP contribution in [0.1, 0.15) is 35.6 Å². The van der Waals surface area contributed by atoms with Gasteiger partial charge in [0.15, 0.2) is 0 Å². The molecule has 3 aromatic rings. The van der Waals surface area contributed by atoms with Gasteiger partial charge in [0, 0.05) is 31.8 Å². The van der Waals surface area contributed by atoms with Gasteiger partial charge in [0.25, 0.3) is 5.69 Å². The number of rotatable bonds is 7. The number of benzene rings is 3. The molecule has 0 aliphatic carbocycles. The highest BCUT2D eigenvalue weighted by Crippen LogP contribution is 2.23. The van der Waals surface area contributed by atoms with Crippen LogP contribution in [0.2, 0.25) is 0 Å². The van der Waals surface area contributed by atoms with E-state index in [2.05, 4.69) is 10.2 Å². The Hall–Kier alpha value is -3.71. The first-order valence-corrected chi connectivity index (χ1v) is 11.1. The second-order valence-corrected chi connectivity index (χ2v) is 8.21. The van der Waals surface area contributed by atoms with Crippen molar-refractivity contribution < 1.29 is 14.5 Å². The molecule has 4 rings (SSSR count). The average molecular weight is 446 g/mol. The highest BCUT2D eigenvalue weighted by atomic mass is 16.6. The van der Waals surface area contributed by atoms with Crippen molar-refractivity contribution in [2.75, 3.05) is 13.1 Å². The molecule has 3 aromatic carbocycles. The maximum absolute atomic E-state index is 12.7. The summed E-state index contributed by atoms with van der Waals surface area (Å²) in [5.41, 5.74) is 3.00. The van der Waals surface area contributed by atoms with Crippen LogP contribution in [0.5, 0.6) is 0 Å². The number of alkyl carbamates (subject to hydrolysis) is 1. The Morgan fingerprint density at radius 2 is 1.58 bits per heavy atom. The van der Waals surface area contributed by atoms with Crippen molar-refractivity contribution in [1.29, 1.82) is 0 Å². The molecule has 7 nitrogen and oxygen atoms in total. The number of carbonyl (C=O) groups is 1. The van der Waals surface area contributed by atoms with Crippen LogP contribution in [-0.4, -0.2) is 35.1 Å². The van der Waals surface area contributed by atoms with Gasteiger partial charge < -0.3 is 10.1 Å². The van der Waals surface area contributed by atoms with E-state index in [1.165, 1.54) is 6.07 Å². The molecule has 0 aromatic heterocycles. The number of piperidine rings is 1. The zero-order chi connectivity index (χ0) is 23.0. The second kappa shape index (κ2) is 10.7. The van der Waals surface area contributed by atoms with E-state index in [1.807, 2.05) is 66.7 Å². The highest BCUT2D eigenvalue weighted by Gasteiger charge is 2.24. The summed E-state index contributed by atoms with van der Waals surface area (Å²) < 4.78 is 5.75. The molecular formula is C26H27N3O4. The summed E-state index contributed by atoms with van der Waals surface area (Å²) in [6.45, 7) is 2.17. The minimum atomic E-state index is -0.426. The third-order valence-corrected chi connectivity index (χ3v) is 5.86. The van der Waals surface area contributed by atoms with Crippen LogP contribution in [0.25, 0.3) is 0 Å². The summed E-state index contributed by atoms with van der Waals surface area (Å²) in [5, 5.41) is 14.0. The SMILES string of the molecule is O=C(NC(c1ccccc1)c1ccccc1)OC1CCN(Cc2cccc([N+](=O)[O-])c2)CC1. The van der Waals surface area contributed by atoms with Crippen molar-refractivity contribution in [1.82, 2.24) is 10.2 Å². The number of hydrogen-bond donors (Lipinski definition) is 1. The van der Waals surface area contributed by atoms with Gasteiger partial charge in [0.1, 0.15) is 6.10 Å². The van der Waals surface area contributed by atoms with E-state index in [0.717, 1.165) is 42.6 Å². The first-order chi connectivity index (χ1) is 16.1. The molecule has 1 aliphatic heterocycles. The lowest BCUT2D eigenvalue weighted by molar-refractivity contribution is -0.384. The molecule has 1 amide bonds. The molecule has 170 valence electrons. The Labute approximate surface area is 193 Å². The van der Waals surface area contributed by atoms with Crippen molar-refractivity contribution in [2.24, 2.45) is 0 Å². The van der Waals surface area contributed by atoms with Crippen LogP contribution in [0.15, 0.2) is 84.9 Å². The van der Waals surface area contributed by atoms with E-state index in [0.29, 0.717) is 6.54 Å². The standard InChI is InChI=1S/C26H27N3O4/c30-26(27-25(21-9-3-1-4-10-21)22-11-5-2-6-12-22)33-24-14-16-28(17-15-24)19-20-8-7-13-23(18-20)29(31)32/h1-13,18,24-25H,14-17,19H2,(H,27,30). The van der Waals surface area contributed by atoms with E-state index < -0.39 is 6.09 Å². The van der Waals surface area contributed by atoms with Gasteiger partial charge >= 0.3 is 6.09 Å². The molecule has 0 radical (unpaired) electrons. The Bertz CT molecular complexity index is 1030. The molecule has 0 saturated carbocycles. The third kappa shape index (κ3) is 6.17. The van der Waals surface area contributed by atoms with Crippen LogP contribution >= 0.6 is 0 Å². The van der Waals surface area contributed by atoms with Gasteiger partial charge in [-0.1, -0.05) is 72.8 Å². The van der Waals surface area contributed by atoms with Crippen molar-refractivity contribution >= 4 is 11.8 Å². The Balaban J connectivity index is 1.31. The lowest BCUT2D eigenvalue weighted by Crippen LogP contribution is -2.40. The fraction of sp³-hybridized carbons (Fsp3) is 0.269. The Morgan fingerprint density at radius 3 is 2.15 bits per heavy atom. The van der Waals surface area contributed by atoms with Crippen molar-refractivity contribution in [3.8, 4) is 0 Å². The number of likely N-dealkylation sites (tertiary alicyclic amines) is 1. The molecule has 0 unspecified atom stereocenters. The fourth-order valence-electron chi connectivity index (χ4n) is 4.17. The summed E-state index contributed by atoms with van der Waals surface area (Å²) >= 11 is 0. The fourth-order valence-corrected chi connectivity index (χ4v) is 4.17. The summed E-state index contributed by atoms with van der Waals surface area (Å²) in [7, 11) is 0. The van der Waals surface area contributed by atoms with Gasteiger partial charge in [-0.25, -0.2) is 4.79 Å². The van der Waals surface area contributed by atoms with E-state index in [1.54, 1.807) is 12.1 Å². The molecule has 1 heterocycles. The van der Waals surface area contributed by atoms with Gasteiger partial charge in [-0.3, -0.25) is 15.0 Å². The summed E-state index contributed by atoms with van der Waals surface area (Å²) in [6, 6.07) is 26.1. The van der Waals surface area contributed by atoms with Crippen LogP contribution in [0.3, 0.4) is 0 Å². The number of ether oxygens (including phenoxy) is 1. The predicted octanol–water partition coefficient (Wildman–Crippen LogP) is 5.08. The lowest BCUT2D eigenvalue weighted by atomic mass is 9.99. The smallest absolute Gasteiger partial charge is 0.408 e. The Morgan fingerprint density at radius 1 is 0.970 bits per heavy atom. The van der Waals surface area contributed by atoms with E-state index in [9.17, 15) is 14.9 Å². The van der Waals surface area contributed by atoms with Crippen molar-refractivity contribution in [3.05, 3.63) is 112 Å². The van der Waals surface area contributed by atoms with Crippen LogP contribution < -0.4 is 5.32 Å². The van der Waals surface area contributed by atoms with Gasteiger partial charge in [0.2, 0.25) is 0 Å². The van der Waals surface area contributed by atoms with Crippen LogP contribution in [-0.2, 0) is 11.3 Å². The number of carbonyl (C=O) groups excluding carboxylic acids is 1. The number of nitro groups is 1. The second-order valence-electron chi connectivity index (χ2n) is 8.21. The quantitative estimate of drug-likeness (QED) is 0.405. The maximum Gasteiger partial charge on any atom is 0.408 e. The zero-order valence-corrected chi connectivity index (χ0v) is 18.3. The van der Waals surface area contributed by atoms with Crippen molar-refractivity contribution in [3.63, 3.8) is 0 Å². The van der Waals surface area contributed by atoms with Gasteiger partial charge in [-0.2, -0.15) is 0 Å². The third-order valence-electron chi connectivity index (χ3n) is 5.86. The van der Waals surface area contributed by atoms with Gasteiger partial charge in [-0.05, 0) is 29.5 Å². The molecule has 0 bridgehead atoms. The number of nitrogens with one attached hydrogen (secondary N) is 1. The average Bonchev–Trinajstić information content (AvgIpc) is 2.85. The number of non-ortho nitro benzene ring substituents is 1. The number of nitro benzene ring substituents is 1. The van der Waals surface area contributed by atoms with Gasteiger partial charge in [-0.15, -0.1) is 0 Å². The highest BCUT2D eigenvalue weighted by molar-refractivity contribution is 5.69. The largest absolute Gasteiger partial charge is 0.446 e. The summed E-state index contributed by atoms with van der Waals surface area (Å²) in [5.74, 6) is 0. The first kappa shape index (κ1) is 22.5. The molecule has 1 aliphatic rings. The topological polar surface area (TPSA) is 84.7 Å². The van der Waals surface area contributed by atoms with E-state index in [-0.39, 0.29) is 22.8 Å². The monoisotopic (exact) mass is 445 g/mol. The molecule has 1 saturated heterocycles. The first-order valence-electron chi connectivity index (χ1n) is 11.1. The molecule has 33 heavy (non-hydrogen) atoms. The summed E-state index contributed by atoms with van der Waals surface area (Å²) in [6.07, 6.45) is 0.872. The number of nitrogens with zero attached hydrogens (tertiary/aromatic N) is 2. The summed E-state index contributed by atoms with van der Waals surface area (Å²) in [4.78, 5) is 25.6. The zero-order valence-electron chi connectivity index (χ0n) is 18.3. The number of hydrogen-bond acceptors (Lipinski definition) is 5. The van der Waals surface area contributed by atoms with E-state index in [4.69, 9.17) is 4.74 Å². The molecule has 0 atom stereocenters. The van der Waals surface area contributed by atoms with Crippen molar-refractivity contribution in [2.45, 2.75) is 31.5 Å². The predicted molar refractivity (Wildman–Crippen MR) is 126 cm³/mol. The molecule has 0 spiro atoms. The minimum absolute atomic E-state index is 0.105. The lowest BCUT2D eigenvalue weighted by Gasteiger charge is -2.32. The minimum Gasteiger partial charge on any atom is -0.446 e. The Kier molecular flexibility index (Phi) is 7.32. The molecular weight excluding hydrogens is 418 g/mol.